The van der Waals surface area contributed by atoms with Gasteiger partial charge in [0, 0.05) is 24.7 Å². The van der Waals surface area contributed by atoms with Gasteiger partial charge in [-0.2, -0.15) is 4.31 Å². The number of sulfonamides is 1. The first-order valence-electron chi connectivity index (χ1n) is 9.94. The van der Waals surface area contributed by atoms with Gasteiger partial charge in [0.25, 0.3) is 5.91 Å². The number of ether oxygens (including phenoxy) is 1. The van der Waals surface area contributed by atoms with Crippen molar-refractivity contribution in [3.63, 3.8) is 0 Å². The first-order valence-corrected chi connectivity index (χ1v) is 11.4. The molecule has 4 rings (SSSR count). The lowest BCUT2D eigenvalue weighted by atomic mass is 9.84. The van der Waals surface area contributed by atoms with Crippen molar-refractivity contribution in [1.29, 1.82) is 0 Å². The Kier molecular flexibility index (Phi) is 5.27. The van der Waals surface area contributed by atoms with Gasteiger partial charge in [0.05, 0.1) is 18.1 Å². The van der Waals surface area contributed by atoms with E-state index in [2.05, 4.69) is 12.2 Å². The molecule has 1 amide bonds. The second-order valence-electron chi connectivity index (χ2n) is 8.14. The fourth-order valence-corrected chi connectivity index (χ4v) is 6.43. The number of nitrogens with zero attached hydrogens (tertiary/aromatic N) is 1. The first-order chi connectivity index (χ1) is 12.9. The van der Waals surface area contributed by atoms with Gasteiger partial charge in [0.15, 0.2) is 0 Å². The Bertz CT molecular complexity index is 787. The average molecular weight is 393 g/mol. The highest BCUT2D eigenvalue weighted by atomic mass is 32.2. The number of rotatable bonds is 5. The van der Waals surface area contributed by atoms with Gasteiger partial charge < -0.3 is 10.1 Å². The number of amides is 1. The lowest BCUT2D eigenvalue weighted by Crippen LogP contribution is -2.41. The van der Waals surface area contributed by atoms with Gasteiger partial charge in [-0.3, -0.25) is 4.79 Å². The van der Waals surface area contributed by atoms with Crippen LogP contribution < -0.4 is 5.32 Å². The molecule has 2 saturated carbocycles. The molecular weight excluding hydrogens is 364 g/mol. The molecular formula is C20H28N2O4S. The van der Waals surface area contributed by atoms with Crippen LogP contribution in [0, 0.1) is 17.8 Å². The van der Waals surface area contributed by atoms with E-state index >= 15 is 0 Å². The maximum atomic E-state index is 12.7. The lowest BCUT2D eigenvalue weighted by molar-refractivity contribution is 0.0730. The van der Waals surface area contributed by atoms with E-state index in [1.807, 2.05) is 0 Å². The Morgan fingerprint density at radius 1 is 1.15 bits per heavy atom. The molecule has 1 saturated heterocycles. The molecule has 6 nitrogen and oxygen atoms in total. The predicted molar refractivity (Wildman–Crippen MR) is 102 cm³/mol. The van der Waals surface area contributed by atoms with Crippen LogP contribution in [0.1, 0.15) is 43.0 Å². The Morgan fingerprint density at radius 2 is 1.85 bits per heavy atom. The number of fused-ring (bicyclic) bond motifs is 2. The molecule has 0 unspecified atom stereocenters. The van der Waals surface area contributed by atoms with Crippen LogP contribution in [0.5, 0.6) is 0 Å². The Hall–Kier alpha value is -1.44. The van der Waals surface area contributed by atoms with E-state index in [0.717, 1.165) is 11.8 Å². The molecule has 1 heterocycles. The normalized spacial score (nSPS) is 29.6. The molecule has 4 atom stereocenters. The first kappa shape index (κ1) is 18.9. The van der Waals surface area contributed by atoms with Crippen LogP contribution in [-0.4, -0.2) is 51.0 Å². The third kappa shape index (κ3) is 3.77. The highest BCUT2D eigenvalue weighted by molar-refractivity contribution is 7.89. The van der Waals surface area contributed by atoms with Crippen LogP contribution in [-0.2, 0) is 14.8 Å². The van der Waals surface area contributed by atoms with Gasteiger partial charge in [0.2, 0.25) is 10.0 Å². The summed E-state index contributed by atoms with van der Waals surface area (Å²) in [5.41, 5.74) is 0.505. The third-order valence-electron chi connectivity index (χ3n) is 6.52. The quantitative estimate of drug-likeness (QED) is 0.834. The SMILES string of the molecule is C[C@H](NC(=O)c1ccc(S(=O)(=O)N2CCOCC2)cc1)[C@H]1C[C@@H]2CC[C@@H]1C2. The van der Waals surface area contributed by atoms with Crippen LogP contribution in [0.2, 0.25) is 0 Å². The van der Waals surface area contributed by atoms with Crippen molar-refractivity contribution < 1.29 is 17.9 Å². The van der Waals surface area contributed by atoms with Crippen LogP contribution in [0.25, 0.3) is 0 Å². The summed E-state index contributed by atoms with van der Waals surface area (Å²) in [6, 6.07) is 6.43. The molecule has 3 aliphatic rings. The molecule has 7 heteroatoms. The Morgan fingerprint density at radius 3 is 2.44 bits per heavy atom. The van der Waals surface area contributed by atoms with Crippen molar-refractivity contribution in [3.05, 3.63) is 29.8 Å². The van der Waals surface area contributed by atoms with Gasteiger partial charge >= 0.3 is 0 Å². The highest BCUT2D eigenvalue weighted by Crippen LogP contribution is 2.49. The number of carbonyl (C=O) groups excluding carboxylic acids is 1. The van der Waals surface area contributed by atoms with E-state index in [1.165, 1.54) is 42.1 Å². The van der Waals surface area contributed by atoms with Crippen LogP contribution in [0.4, 0.5) is 0 Å². The van der Waals surface area contributed by atoms with Gasteiger partial charge in [-0.15, -0.1) is 0 Å². The lowest BCUT2D eigenvalue weighted by Gasteiger charge is -2.28. The Balaban J connectivity index is 1.40. The van der Waals surface area contributed by atoms with Crippen molar-refractivity contribution in [3.8, 4) is 0 Å². The summed E-state index contributed by atoms with van der Waals surface area (Å²) in [5.74, 6) is 2.06. The molecule has 27 heavy (non-hydrogen) atoms. The van der Waals surface area contributed by atoms with Gasteiger partial charge in [0.1, 0.15) is 0 Å². The highest BCUT2D eigenvalue weighted by Gasteiger charge is 2.42. The van der Waals surface area contributed by atoms with E-state index in [1.54, 1.807) is 12.1 Å². The average Bonchev–Trinajstić information content (AvgIpc) is 3.32. The molecule has 1 N–H and O–H groups in total. The van der Waals surface area contributed by atoms with Gasteiger partial charge in [-0.05, 0) is 68.2 Å². The monoisotopic (exact) mass is 392 g/mol. The summed E-state index contributed by atoms with van der Waals surface area (Å²) in [5, 5.41) is 3.13. The standard InChI is InChI=1S/C20H28N2O4S/c1-14(19-13-15-2-3-17(19)12-15)21-20(23)16-4-6-18(7-5-16)27(24,25)22-8-10-26-11-9-22/h4-7,14-15,17,19H,2-3,8-13H2,1H3,(H,21,23)/t14-,15+,17+,19+/m0/s1. The topological polar surface area (TPSA) is 75.7 Å². The zero-order valence-corrected chi connectivity index (χ0v) is 16.6. The molecule has 3 fully saturated rings. The van der Waals surface area contributed by atoms with Crippen molar-refractivity contribution in [2.75, 3.05) is 26.3 Å². The van der Waals surface area contributed by atoms with Gasteiger partial charge in [-0.25, -0.2) is 8.42 Å². The smallest absolute Gasteiger partial charge is 0.251 e. The summed E-state index contributed by atoms with van der Waals surface area (Å²) in [6.45, 7) is 3.67. The number of nitrogens with one attached hydrogen (secondary N) is 1. The molecule has 1 aromatic carbocycles. The summed E-state index contributed by atoms with van der Waals surface area (Å²) < 4.78 is 32.0. The molecule has 2 bridgehead atoms. The third-order valence-corrected chi connectivity index (χ3v) is 8.43. The maximum Gasteiger partial charge on any atom is 0.251 e. The van der Waals surface area contributed by atoms with Crippen molar-refractivity contribution in [1.82, 2.24) is 9.62 Å². The summed E-state index contributed by atoms with van der Waals surface area (Å²) >= 11 is 0. The zero-order chi connectivity index (χ0) is 19.0. The minimum atomic E-state index is -3.52. The fraction of sp³-hybridized carbons (Fsp3) is 0.650. The predicted octanol–water partition coefficient (Wildman–Crippen LogP) is 2.26. The number of hydrogen-bond acceptors (Lipinski definition) is 4. The molecule has 0 radical (unpaired) electrons. The minimum Gasteiger partial charge on any atom is -0.379 e. The fourth-order valence-electron chi connectivity index (χ4n) is 5.02. The van der Waals surface area contributed by atoms with Gasteiger partial charge in [-0.1, -0.05) is 6.42 Å². The Labute approximate surface area is 161 Å². The number of carbonyl (C=O) groups is 1. The molecule has 0 aromatic heterocycles. The maximum absolute atomic E-state index is 12.7. The van der Waals surface area contributed by atoms with Crippen molar-refractivity contribution in [2.45, 2.75) is 43.5 Å². The molecule has 1 aliphatic heterocycles. The second kappa shape index (κ2) is 7.53. The summed E-state index contributed by atoms with van der Waals surface area (Å²) in [7, 11) is -3.52. The molecule has 2 aliphatic carbocycles. The van der Waals surface area contributed by atoms with E-state index < -0.39 is 10.0 Å². The number of morpholine rings is 1. The summed E-state index contributed by atoms with van der Waals surface area (Å²) in [6.07, 6.45) is 5.19. The molecule has 0 spiro atoms. The second-order valence-corrected chi connectivity index (χ2v) is 10.1. The largest absolute Gasteiger partial charge is 0.379 e. The number of hydrogen-bond donors (Lipinski definition) is 1. The van der Waals surface area contributed by atoms with E-state index in [0.29, 0.717) is 37.8 Å². The molecule has 148 valence electrons. The number of benzene rings is 1. The molecule has 1 aromatic rings. The van der Waals surface area contributed by atoms with Crippen LogP contribution >= 0.6 is 0 Å². The summed E-state index contributed by atoms with van der Waals surface area (Å²) in [4.78, 5) is 12.8. The minimum absolute atomic E-state index is 0.124. The van der Waals surface area contributed by atoms with Crippen molar-refractivity contribution >= 4 is 15.9 Å². The van der Waals surface area contributed by atoms with E-state index in [-0.39, 0.29) is 16.8 Å². The zero-order valence-electron chi connectivity index (χ0n) is 15.8. The van der Waals surface area contributed by atoms with E-state index in [4.69, 9.17) is 4.74 Å². The van der Waals surface area contributed by atoms with E-state index in [9.17, 15) is 13.2 Å². The van der Waals surface area contributed by atoms with Crippen molar-refractivity contribution in [2.24, 2.45) is 17.8 Å². The van der Waals surface area contributed by atoms with Crippen LogP contribution in [0.3, 0.4) is 0 Å². The van der Waals surface area contributed by atoms with Crippen LogP contribution in [0.15, 0.2) is 29.2 Å².